The van der Waals surface area contributed by atoms with Crippen LogP contribution in [-0.2, 0) is 0 Å². The van der Waals surface area contributed by atoms with Crippen molar-refractivity contribution in [1.29, 1.82) is 0 Å². The average molecular weight is 578 g/mol. The van der Waals surface area contributed by atoms with E-state index in [2.05, 4.69) is 149 Å². The molecule has 0 saturated heterocycles. The van der Waals surface area contributed by atoms with Crippen molar-refractivity contribution in [2.75, 3.05) is 4.90 Å². The molecule has 0 aliphatic carbocycles. The van der Waals surface area contributed by atoms with Crippen molar-refractivity contribution >= 4 is 61.1 Å². The Morgan fingerprint density at radius 1 is 0.489 bits per heavy atom. The molecule has 3 aromatic heterocycles. The molecule has 45 heavy (non-hydrogen) atoms. The molecule has 0 spiro atoms. The number of aromatic nitrogens is 2. The van der Waals surface area contributed by atoms with E-state index in [-0.39, 0.29) is 0 Å². The van der Waals surface area contributed by atoms with Crippen molar-refractivity contribution in [3.05, 3.63) is 164 Å². The molecule has 0 saturated carbocycles. The first kappa shape index (κ1) is 25.4. The SMILES string of the molecule is c1ccc(N(c2ccc3c(n2)oc2ccccc23)c2ccccc2-c2ccc(-n3c4ccccc4c4ccccc43)cc2)cc1. The molecule has 0 unspecified atom stereocenters. The summed E-state index contributed by atoms with van der Waals surface area (Å²) in [5, 5.41) is 4.60. The number of nitrogens with zero attached hydrogens (tertiary/aromatic N) is 3. The maximum Gasteiger partial charge on any atom is 0.229 e. The first-order valence-corrected chi connectivity index (χ1v) is 15.1. The fourth-order valence-electron chi connectivity index (χ4n) is 6.60. The van der Waals surface area contributed by atoms with E-state index in [4.69, 9.17) is 9.40 Å². The Morgan fingerprint density at radius 3 is 1.87 bits per heavy atom. The van der Waals surface area contributed by atoms with E-state index >= 15 is 0 Å². The molecule has 0 aliphatic rings. The monoisotopic (exact) mass is 577 g/mol. The van der Waals surface area contributed by atoms with Crippen LogP contribution in [0.5, 0.6) is 0 Å². The summed E-state index contributed by atoms with van der Waals surface area (Å²) in [6.45, 7) is 0. The van der Waals surface area contributed by atoms with E-state index in [9.17, 15) is 0 Å². The van der Waals surface area contributed by atoms with Gasteiger partial charge in [0, 0.05) is 38.5 Å². The highest BCUT2D eigenvalue weighted by Crippen LogP contribution is 2.41. The van der Waals surface area contributed by atoms with Crippen LogP contribution in [-0.4, -0.2) is 9.55 Å². The van der Waals surface area contributed by atoms with Gasteiger partial charge in [-0.15, -0.1) is 0 Å². The number of fused-ring (bicyclic) bond motifs is 6. The van der Waals surface area contributed by atoms with Crippen molar-refractivity contribution < 1.29 is 4.42 Å². The van der Waals surface area contributed by atoms with Crippen molar-refractivity contribution in [2.24, 2.45) is 0 Å². The van der Waals surface area contributed by atoms with Crippen molar-refractivity contribution in [3.8, 4) is 16.8 Å². The molecule has 9 aromatic rings. The number of para-hydroxylation sites is 5. The molecule has 6 aromatic carbocycles. The Labute approximate surface area is 260 Å². The zero-order chi connectivity index (χ0) is 29.7. The normalized spacial score (nSPS) is 11.6. The average Bonchev–Trinajstić information content (AvgIpc) is 3.65. The molecule has 9 rings (SSSR count). The third-order valence-corrected chi connectivity index (χ3v) is 8.63. The van der Waals surface area contributed by atoms with E-state index < -0.39 is 0 Å². The Kier molecular flexibility index (Phi) is 5.78. The molecule has 0 amide bonds. The van der Waals surface area contributed by atoms with Gasteiger partial charge in [-0.1, -0.05) is 103 Å². The molecule has 0 bridgehead atoms. The topological polar surface area (TPSA) is 34.2 Å². The number of anilines is 3. The Hall–Kier alpha value is -6.13. The fourth-order valence-corrected chi connectivity index (χ4v) is 6.60. The number of hydrogen-bond donors (Lipinski definition) is 0. The van der Waals surface area contributed by atoms with E-state index in [1.165, 1.54) is 21.8 Å². The molecule has 212 valence electrons. The first-order valence-electron chi connectivity index (χ1n) is 15.1. The third kappa shape index (κ3) is 4.11. The lowest BCUT2D eigenvalue weighted by Gasteiger charge is -2.26. The van der Waals surface area contributed by atoms with Crippen LogP contribution in [0.2, 0.25) is 0 Å². The number of furan rings is 1. The summed E-state index contributed by atoms with van der Waals surface area (Å²) in [4.78, 5) is 7.27. The lowest BCUT2D eigenvalue weighted by molar-refractivity contribution is 0.654. The Balaban J connectivity index is 1.18. The van der Waals surface area contributed by atoms with Gasteiger partial charge in [-0.05, 0) is 66.2 Å². The molecular formula is C41H27N3O. The number of rotatable bonds is 5. The second-order valence-corrected chi connectivity index (χ2v) is 11.2. The summed E-state index contributed by atoms with van der Waals surface area (Å²) < 4.78 is 8.55. The Morgan fingerprint density at radius 2 is 1.11 bits per heavy atom. The largest absolute Gasteiger partial charge is 0.438 e. The molecule has 4 heteroatoms. The van der Waals surface area contributed by atoms with Crippen LogP contribution in [0.3, 0.4) is 0 Å². The molecular weight excluding hydrogens is 550 g/mol. The Bertz CT molecular complexity index is 2440. The number of benzene rings is 6. The van der Waals surface area contributed by atoms with Crippen LogP contribution in [0, 0.1) is 0 Å². The quantitative estimate of drug-likeness (QED) is 0.204. The lowest BCUT2D eigenvalue weighted by Crippen LogP contribution is -2.12. The van der Waals surface area contributed by atoms with Crippen molar-refractivity contribution in [1.82, 2.24) is 9.55 Å². The first-order chi connectivity index (χ1) is 22.3. The third-order valence-electron chi connectivity index (χ3n) is 8.63. The standard InChI is InChI=1S/C41H27N3O/c1-2-12-29(13-3-1)44(40-27-26-35-34-17-7-11-21-39(34)45-41(35)42-40)36-18-8-4-14-31(36)28-22-24-30(25-23-28)43-37-19-9-5-15-32(37)33-16-6-10-20-38(33)43/h1-27H. The van der Waals surface area contributed by atoms with E-state index in [1.807, 2.05) is 24.3 Å². The molecule has 0 N–H and O–H groups in total. The minimum atomic E-state index is 0.627. The minimum Gasteiger partial charge on any atom is -0.438 e. The number of hydrogen-bond acceptors (Lipinski definition) is 3. The summed E-state index contributed by atoms with van der Waals surface area (Å²) in [5.74, 6) is 0.794. The summed E-state index contributed by atoms with van der Waals surface area (Å²) in [6.07, 6.45) is 0. The van der Waals surface area contributed by atoms with Gasteiger partial charge >= 0.3 is 0 Å². The van der Waals surface area contributed by atoms with Crippen molar-refractivity contribution in [2.45, 2.75) is 0 Å². The molecule has 0 atom stereocenters. The summed E-state index contributed by atoms with van der Waals surface area (Å²) in [7, 11) is 0. The van der Waals surface area contributed by atoms with Gasteiger partial charge in [0.05, 0.1) is 16.7 Å². The zero-order valence-electron chi connectivity index (χ0n) is 24.3. The van der Waals surface area contributed by atoms with E-state index in [0.717, 1.165) is 50.4 Å². The predicted octanol–water partition coefficient (Wildman–Crippen LogP) is 11.2. The van der Waals surface area contributed by atoms with Crippen LogP contribution in [0.1, 0.15) is 0 Å². The van der Waals surface area contributed by atoms with Crippen LogP contribution in [0.15, 0.2) is 168 Å². The van der Waals surface area contributed by atoms with E-state index in [1.54, 1.807) is 0 Å². The van der Waals surface area contributed by atoms with Gasteiger partial charge in [0.25, 0.3) is 0 Å². The minimum absolute atomic E-state index is 0.627. The lowest BCUT2D eigenvalue weighted by atomic mass is 10.0. The van der Waals surface area contributed by atoms with E-state index in [0.29, 0.717) is 5.71 Å². The van der Waals surface area contributed by atoms with Crippen LogP contribution in [0.4, 0.5) is 17.2 Å². The molecule has 3 heterocycles. The van der Waals surface area contributed by atoms with Crippen molar-refractivity contribution in [3.63, 3.8) is 0 Å². The maximum atomic E-state index is 6.20. The molecule has 0 aliphatic heterocycles. The van der Waals surface area contributed by atoms with Gasteiger partial charge < -0.3 is 8.98 Å². The fraction of sp³-hybridized carbons (Fsp3) is 0. The smallest absolute Gasteiger partial charge is 0.229 e. The summed E-state index contributed by atoms with van der Waals surface area (Å²) in [6, 6.07) is 57.3. The van der Waals surface area contributed by atoms with Gasteiger partial charge in [0.1, 0.15) is 11.4 Å². The summed E-state index contributed by atoms with van der Waals surface area (Å²) in [5.41, 5.74) is 9.30. The highest BCUT2D eigenvalue weighted by molar-refractivity contribution is 6.09. The number of pyridine rings is 1. The second-order valence-electron chi connectivity index (χ2n) is 11.2. The molecule has 4 nitrogen and oxygen atoms in total. The van der Waals surface area contributed by atoms with Crippen LogP contribution < -0.4 is 4.90 Å². The van der Waals surface area contributed by atoms with Gasteiger partial charge in [-0.25, -0.2) is 0 Å². The second kappa shape index (κ2) is 10.2. The highest BCUT2D eigenvalue weighted by Gasteiger charge is 2.20. The van der Waals surface area contributed by atoms with Gasteiger partial charge in [0.2, 0.25) is 5.71 Å². The highest BCUT2D eigenvalue weighted by atomic mass is 16.3. The predicted molar refractivity (Wildman–Crippen MR) is 186 cm³/mol. The van der Waals surface area contributed by atoms with Gasteiger partial charge in [0.15, 0.2) is 0 Å². The molecule has 0 fully saturated rings. The van der Waals surface area contributed by atoms with Crippen LogP contribution >= 0.6 is 0 Å². The van der Waals surface area contributed by atoms with Gasteiger partial charge in [-0.3, -0.25) is 4.90 Å². The molecule has 0 radical (unpaired) electrons. The van der Waals surface area contributed by atoms with Crippen LogP contribution in [0.25, 0.3) is 60.7 Å². The summed E-state index contributed by atoms with van der Waals surface area (Å²) >= 11 is 0. The zero-order valence-corrected chi connectivity index (χ0v) is 24.3. The van der Waals surface area contributed by atoms with Gasteiger partial charge in [-0.2, -0.15) is 4.98 Å². The maximum absolute atomic E-state index is 6.20.